The predicted octanol–water partition coefficient (Wildman–Crippen LogP) is -3.04. The molecule has 24 heteroatoms. The van der Waals surface area contributed by atoms with E-state index in [1.807, 2.05) is 0 Å². The molecule has 1 aliphatic rings. The van der Waals surface area contributed by atoms with Crippen molar-refractivity contribution in [1.82, 2.24) is 15.0 Å². The molecule has 1 rings (SSSR count). The highest BCUT2D eigenvalue weighted by molar-refractivity contribution is 4.65. The predicted molar refractivity (Wildman–Crippen MR) is 62.1 cm³/mol. The van der Waals surface area contributed by atoms with Crippen molar-refractivity contribution in [3.8, 4) is 0 Å². The highest BCUT2D eigenvalue weighted by Gasteiger charge is 2.66. The molecule has 0 unspecified atom stereocenters. The quantitative estimate of drug-likeness (QED) is 0.271. The number of nitrogens with zero attached hydrogens (tertiary/aromatic N) is 9. The van der Waals surface area contributed by atoms with Crippen LogP contribution < -0.4 is 0 Å². The van der Waals surface area contributed by atoms with E-state index in [-0.39, 0.29) is 0 Å². The van der Waals surface area contributed by atoms with E-state index >= 15 is 0 Å². The smallest absolute Gasteiger partial charge is 0.254 e. The molecule has 0 bridgehead atoms. The fourth-order valence-corrected chi connectivity index (χ4v) is 1.70. The van der Waals surface area contributed by atoms with E-state index in [0.29, 0.717) is 0 Å². The van der Waals surface area contributed by atoms with Gasteiger partial charge in [0.25, 0.3) is 15.3 Å². The third-order valence-corrected chi connectivity index (χ3v) is 2.46. The maximum Gasteiger partial charge on any atom is 0.371 e. The van der Waals surface area contributed by atoms with E-state index in [1.165, 1.54) is 0 Å². The van der Waals surface area contributed by atoms with Gasteiger partial charge in [-0.25, -0.2) is 30.3 Å². The van der Waals surface area contributed by atoms with Crippen molar-refractivity contribution in [1.29, 1.82) is 0 Å². The van der Waals surface area contributed by atoms with Crippen molar-refractivity contribution in [2.24, 2.45) is 0 Å². The first kappa shape index (κ1) is 20.2. The highest BCUT2D eigenvalue weighted by atomic mass is 17.0. The molecule has 27 heavy (non-hydrogen) atoms. The lowest BCUT2D eigenvalue weighted by Crippen LogP contribution is -2.76. The van der Waals surface area contributed by atoms with Crippen LogP contribution in [0.25, 0.3) is 0 Å². The SMILES string of the molecule is O=[N+]([O-])OC1N([N+](=O)[O-])C(O[N+](=O)[O-])N([N+](=O)[O-])C(O[N+](=O)[O-])N1[N+](=O)[O-]. The normalized spacial score (nSPS) is 21.8. The summed E-state index contributed by atoms with van der Waals surface area (Å²) in [5.74, 6) is 0. The summed E-state index contributed by atoms with van der Waals surface area (Å²) < 4.78 is 0. The molecule has 0 aromatic rings. The average Bonchev–Trinajstić information content (AvgIpc) is 2.43. The van der Waals surface area contributed by atoms with Crippen LogP contribution in [0.2, 0.25) is 0 Å². The molecule has 1 aliphatic heterocycles. The van der Waals surface area contributed by atoms with Crippen LogP contribution >= 0.6 is 0 Å². The molecule has 0 aliphatic carbocycles. The zero-order valence-corrected chi connectivity index (χ0v) is 11.9. The molecule has 1 saturated heterocycles. The molecule has 0 radical (unpaired) electrons. The molecule has 0 saturated carbocycles. The summed E-state index contributed by atoms with van der Waals surface area (Å²) in [6, 6.07) is 0. The maximum atomic E-state index is 11.1. The van der Waals surface area contributed by atoms with Crippen molar-refractivity contribution in [2.75, 3.05) is 0 Å². The number of rotatable bonds is 9. The van der Waals surface area contributed by atoms with Crippen LogP contribution in [0.15, 0.2) is 0 Å². The summed E-state index contributed by atoms with van der Waals surface area (Å²) in [5.41, 5.74) is 0. The van der Waals surface area contributed by atoms with Gasteiger partial charge in [0.15, 0.2) is 15.1 Å². The van der Waals surface area contributed by atoms with Gasteiger partial charge >= 0.3 is 19.1 Å². The molecule has 150 valence electrons. The molecule has 0 aromatic heterocycles. The van der Waals surface area contributed by atoms with Gasteiger partial charge in [0.05, 0.1) is 0 Å². The van der Waals surface area contributed by atoms with Crippen LogP contribution in [0.5, 0.6) is 0 Å². The number of hydrogen-bond donors (Lipinski definition) is 0. The molecule has 0 spiro atoms. The van der Waals surface area contributed by atoms with Gasteiger partial charge in [-0.05, 0) is 15.0 Å². The average molecular weight is 405 g/mol. The minimum Gasteiger partial charge on any atom is -0.254 e. The van der Waals surface area contributed by atoms with Crippen LogP contribution in [0.1, 0.15) is 0 Å². The van der Waals surface area contributed by atoms with Crippen LogP contribution in [-0.2, 0) is 14.5 Å². The second-order valence-corrected chi connectivity index (χ2v) is 3.82. The zero-order chi connectivity index (χ0) is 21.0. The van der Waals surface area contributed by atoms with Crippen LogP contribution in [0.4, 0.5) is 0 Å². The Hall–Kier alpha value is -4.80. The Balaban J connectivity index is 3.68. The van der Waals surface area contributed by atoms with Gasteiger partial charge < -0.3 is 0 Å². The van der Waals surface area contributed by atoms with Gasteiger partial charge in [0.1, 0.15) is 0 Å². The molecule has 1 heterocycles. The Morgan fingerprint density at radius 2 is 0.667 bits per heavy atom. The van der Waals surface area contributed by atoms with Gasteiger partial charge in [-0.1, -0.05) is 0 Å². The Morgan fingerprint density at radius 1 is 0.481 bits per heavy atom. The third-order valence-electron chi connectivity index (χ3n) is 2.46. The Kier molecular flexibility index (Phi) is 5.55. The molecule has 1 fully saturated rings. The van der Waals surface area contributed by atoms with Crippen molar-refractivity contribution in [3.05, 3.63) is 60.7 Å². The monoisotopic (exact) mass is 405 g/mol. The first-order chi connectivity index (χ1) is 12.4. The Bertz CT molecular complexity index is 575. The van der Waals surface area contributed by atoms with Crippen molar-refractivity contribution < 1.29 is 44.9 Å². The van der Waals surface area contributed by atoms with E-state index in [9.17, 15) is 60.7 Å². The molecular formula is C3H3N9O15. The fourth-order valence-electron chi connectivity index (χ4n) is 1.70. The number of nitro groups is 3. The van der Waals surface area contributed by atoms with Crippen molar-refractivity contribution in [3.63, 3.8) is 0 Å². The summed E-state index contributed by atoms with van der Waals surface area (Å²) in [4.78, 5) is 75.4. The van der Waals surface area contributed by atoms with Crippen LogP contribution in [0.3, 0.4) is 0 Å². The minimum absolute atomic E-state index is 0.934. The second kappa shape index (κ2) is 7.40. The van der Waals surface area contributed by atoms with Gasteiger partial charge in [-0.15, -0.1) is 30.3 Å². The van der Waals surface area contributed by atoms with Gasteiger partial charge in [0.2, 0.25) is 0 Å². The van der Waals surface area contributed by atoms with Gasteiger partial charge in [0, 0.05) is 0 Å². The summed E-state index contributed by atoms with van der Waals surface area (Å²) in [6.45, 7) is 0. The molecular weight excluding hydrogens is 402 g/mol. The third kappa shape index (κ3) is 4.19. The minimum atomic E-state index is -3.23. The number of hydrazine groups is 3. The van der Waals surface area contributed by atoms with Crippen LogP contribution in [0, 0.1) is 60.7 Å². The maximum absolute atomic E-state index is 11.1. The van der Waals surface area contributed by atoms with E-state index in [0.717, 1.165) is 0 Å². The lowest BCUT2D eigenvalue weighted by atomic mass is 10.5. The fraction of sp³-hybridized carbons (Fsp3) is 1.00. The molecule has 0 atom stereocenters. The summed E-state index contributed by atoms with van der Waals surface area (Å²) in [7, 11) is 0. The topological polar surface area (TPSA) is 296 Å². The lowest BCUT2D eigenvalue weighted by Gasteiger charge is -2.40. The Labute approximate surface area is 141 Å². The number of hydrogen-bond acceptors (Lipinski definition) is 15. The van der Waals surface area contributed by atoms with Crippen LogP contribution in [-0.4, -0.2) is 64.4 Å². The van der Waals surface area contributed by atoms with Gasteiger partial charge in [-0.2, -0.15) is 0 Å². The first-order valence-electron chi connectivity index (χ1n) is 5.59. The van der Waals surface area contributed by atoms with E-state index in [4.69, 9.17) is 0 Å². The van der Waals surface area contributed by atoms with Crippen molar-refractivity contribution >= 4 is 0 Å². The summed E-state index contributed by atoms with van der Waals surface area (Å²) in [5, 5.41) is 50.7. The molecule has 24 nitrogen and oxygen atoms in total. The zero-order valence-electron chi connectivity index (χ0n) is 11.9. The van der Waals surface area contributed by atoms with Crippen molar-refractivity contribution in [2.45, 2.75) is 19.1 Å². The standard InChI is InChI=1S/C3H3N9O15/c13-7(14)4-1(25-10(19)20)5(8(15)16)3(27-12(23)24)6(9(17)18)2(4)26-11(21)22/h1-3H. The largest absolute Gasteiger partial charge is 0.371 e. The molecule has 0 amide bonds. The highest BCUT2D eigenvalue weighted by Crippen LogP contribution is 2.28. The summed E-state index contributed by atoms with van der Waals surface area (Å²) in [6.07, 6.45) is -9.68. The summed E-state index contributed by atoms with van der Waals surface area (Å²) >= 11 is 0. The molecule has 0 aromatic carbocycles. The van der Waals surface area contributed by atoms with E-state index in [1.54, 1.807) is 0 Å². The first-order valence-corrected chi connectivity index (χ1v) is 5.59. The Morgan fingerprint density at radius 3 is 0.778 bits per heavy atom. The van der Waals surface area contributed by atoms with Gasteiger partial charge in [-0.3, -0.25) is 14.5 Å². The second-order valence-electron chi connectivity index (χ2n) is 3.82. The molecule has 0 N–H and O–H groups in total. The lowest BCUT2D eigenvalue weighted by molar-refractivity contribution is -0.938. The van der Waals surface area contributed by atoms with E-state index < -0.39 is 64.4 Å². The van der Waals surface area contributed by atoms with E-state index in [2.05, 4.69) is 14.5 Å².